The molecule has 9 heteroatoms. The standard InChI is InChI=1S/C16H13N5O4/c1-25-13-8-11(16(23)24)6-7-12(13)17-15(22)10-4-2-9(3-5-10)14-18-20-21-19-14/h2-8H,1H3,(H,17,22)(H,23,24)(H,18,19,20,21). The monoisotopic (exact) mass is 339 g/mol. The van der Waals surface area contributed by atoms with Crippen molar-refractivity contribution in [3.8, 4) is 17.1 Å². The molecule has 1 amide bonds. The molecule has 0 radical (unpaired) electrons. The second-order valence-electron chi connectivity index (χ2n) is 4.99. The van der Waals surface area contributed by atoms with Gasteiger partial charge in [-0.05, 0) is 35.5 Å². The average molecular weight is 339 g/mol. The van der Waals surface area contributed by atoms with Crippen LogP contribution in [-0.4, -0.2) is 44.7 Å². The van der Waals surface area contributed by atoms with Crippen LogP contribution in [0.5, 0.6) is 5.75 Å². The third-order valence-corrected chi connectivity index (χ3v) is 3.45. The molecule has 0 aliphatic carbocycles. The molecule has 126 valence electrons. The Morgan fingerprint density at radius 3 is 2.44 bits per heavy atom. The first-order valence-electron chi connectivity index (χ1n) is 7.15. The van der Waals surface area contributed by atoms with E-state index < -0.39 is 5.97 Å². The molecule has 0 fully saturated rings. The molecule has 3 aromatic rings. The van der Waals surface area contributed by atoms with Crippen LogP contribution in [0.15, 0.2) is 42.5 Å². The minimum atomic E-state index is -1.08. The number of carboxylic acids is 1. The van der Waals surface area contributed by atoms with Gasteiger partial charge in [0.05, 0.1) is 18.4 Å². The molecule has 25 heavy (non-hydrogen) atoms. The summed E-state index contributed by atoms with van der Waals surface area (Å²) in [5.41, 5.74) is 1.57. The van der Waals surface area contributed by atoms with E-state index in [0.29, 0.717) is 22.6 Å². The smallest absolute Gasteiger partial charge is 0.335 e. The van der Waals surface area contributed by atoms with Crippen LogP contribution in [0.25, 0.3) is 11.4 Å². The summed E-state index contributed by atoms with van der Waals surface area (Å²) >= 11 is 0. The molecule has 1 heterocycles. The van der Waals surface area contributed by atoms with Gasteiger partial charge in [0.25, 0.3) is 5.91 Å². The number of nitrogens with one attached hydrogen (secondary N) is 2. The molecule has 0 atom stereocenters. The van der Waals surface area contributed by atoms with Crippen molar-refractivity contribution >= 4 is 17.6 Å². The van der Waals surface area contributed by atoms with Crippen LogP contribution in [0.2, 0.25) is 0 Å². The number of benzene rings is 2. The van der Waals surface area contributed by atoms with Crippen LogP contribution in [0.3, 0.4) is 0 Å². The number of nitrogens with zero attached hydrogens (tertiary/aromatic N) is 3. The number of carboxylic acid groups (broad SMARTS) is 1. The van der Waals surface area contributed by atoms with E-state index in [1.165, 1.54) is 25.3 Å². The third-order valence-electron chi connectivity index (χ3n) is 3.45. The SMILES string of the molecule is COc1cc(C(=O)O)ccc1NC(=O)c1ccc(-c2nn[nH]n2)cc1. The largest absolute Gasteiger partial charge is 0.495 e. The average Bonchev–Trinajstić information content (AvgIpc) is 3.16. The van der Waals surface area contributed by atoms with Crippen molar-refractivity contribution < 1.29 is 19.4 Å². The van der Waals surface area contributed by atoms with Gasteiger partial charge < -0.3 is 15.2 Å². The lowest BCUT2D eigenvalue weighted by Crippen LogP contribution is -2.13. The molecular weight excluding hydrogens is 326 g/mol. The zero-order chi connectivity index (χ0) is 17.8. The van der Waals surface area contributed by atoms with Crippen molar-refractivity contribution in [3.05, 3.63) is 53.6 Å². The molecule has 0 aliphatic rings. The number of carbonyl (C=O) groups is 2. The maximum Gasteiger partial charge on any atom is 0.335 e. The van der Waals surface area contributed by atoms with E-state index in [1.54, 1.807) is 24.3 Å². The predicted molar refractivity (Wildman–Crippen MR) is 87.5 cm³/mol. The highest BCUT2D eigenvalue weighted by Crippen LogP contribution is 2.26. The molecule has 0 unspecified atom stereocenters. The fourth-order valence-electron chi connectivity index (χ4n) is 2.18. The normalized spacial score (nSPS) is 10.3. The summed E-state index contributed by atoms with van der Waals surface area (Å²) in [4.78, 5) is 23.4. The number of hydrogen-bond donors (Lipinski definition) is 3. The molecule has 3 rings (SSSR count). The van der Waals surface area contributed by atoms with Crippen LogP contribution in [0.1, 0.15) is 20.7 Å². The Hall–Kier alpha value is -3.75. The Balaban J connectivity index is 1.79. The number of rotatable bonds is 5. The summed E-state index contributed by atoms with van der Waals surface area (Å²) in [6.07, 6.45) is 0. The van der Waals surface area contributed by atoms with Crippen molar-refractivity contribution in [1.29, 1.82) is 0 Å². The first kappa shape index (κ1) is 16.1. The van der Waals surface area contributed by atoms with E-state index in [4.69, 9.17) is 9.84 Å². The van der Waals surface area contributed by atoms with Gasteiger partial charge in [-0.3, -0.25) is 4.79 Å². The quantitative estimate of drug-likeness (QED) is 0.646. The van der Waals surface area contributed by atoms with E-state index in [9.17, 15) is 9.59 Å². The highest BCUT2D eigenvalue weighted by Gasteiger charge is 2.13. The van der Waals surface area contributed by atoms with Crippen molar-refractivity contribution in [2.24, 2.45) is 0 Å². The summed E-state index contributed by atoms with van der Waals surface area (Å²) in [6.45, 7) is 0. The van der Waals surface area contributed by atoms with Gasteiger partial charge in [-0.1, -0.05) is 12.1 Å². The van der Waals surface area contributed by atoms with Gasteiger partial charge in [-0.2, -0.15) is 5.21 Å². The van der Waals surface area contributed by atoms with Crippen LogP contribution in [0, 0.1) is 0 Å². The second kappa shape index (κ2) is 6.79. The third kappa shape index (κ3) is 3.44. The van der Waals surface area contributed by atoms with Crippen LogP contribution < -0.4 is 10.1 Å². The minimum Gasteiger partial charge on any atom is -0.495 e. The number of H-pyrrole nitrogens is 1. The van der Waals surface area contributed by atoms with Crippen molar-refractivity contribution in [2.75, 3.05) is 12.4 Å². The Morgan fingerprint density at radius 1 is 1.12 bits per heavy atom. The summed E-state index contributed by atoms with van der Waals surface area (Å²) in [7, 11) is 1.40. The number of methoxy groups -OCH3 is 1. The van der Waals surface area contributed by atoms with Gasteiger partial charge in [0.1, 0.15) is 5.75 Å². The number of aromatic amines is 1. The van der Waals surface area contributed by atoms with Crippen molar-refractivity contribution in [2.45, 2.75) is 0 Å². The van der Waals surface area contributed by atoms with E-state index in [1.807, 2.05) is 0 Å². The Bertz CT molecular complexity index is 907. The second-order valence-corrected chi connectivity index (χ2v) is 4.99. The van der Waals surface area contributed by atoms with Gasteiger partial charge >= 0.3 is 5.97 Å². The summed E-state index contributed by atoms with van der Waals surface area (Å²) in [5.74, 6) is -0.746. The molecule has 9 nitrogen and oxygen atoms in total. The first-order chi connectivity index (χ1) is 12.1. The van der Waals surface area contributed by atoms with Gasteiger partial charge in [0, 0.05) is 11.1 Å². The van der Waals surface area contributed by atoms with E-state index in [0.717, 1.165) is 0 Å². The van der Waals surface area contributed by atoms with Crippen LogP contribution >= 0.6 is 0 Å². The highest BCUT2D eigenvalue weighted by atomic mass is 16.5. The Labute approximate surface area is 141 Å². The number of carbonyl (C=O) groups excluding carboxylic acids is 1. The Morgan fingerprint density at radius 2 is 1.84 bits per heavy atom. The minimum absolute atomic E-state index is 0.0688. The molecular formula is C16H13N5O4. The summed E-state index contributed by atoms with van der Waals surface area (Å²) in [6, 6.07) is 10.9. The zero-order valence-electron chi connectivity index (χ0n) is 13.1. The molecule has 1 aromatic heterocycles. The van der Waals surface area contributed by atoms with Crippen molar-refractivity contribution in [3.63, 3.8) is 0 Å². The maximum atomic E-state index is 12.4. The fraction of sp³-hybridized carbons (Fsp3) is 0.0625. The lowest BCUT2D eigenvalue weighted by atomic mass is 10.1. The number of hydrogen-bond acceptors (Lipinski definition) is 6. The van der Waals surface area contributed by atoms with Gasteiger partial charge in [0.15, 0.2) is 0 Å². The summed E-state index contributed by atoms with van der Waals surface area (Å²) < 4.78 is 5.14. The number of aromatic carboxylic acids is 1. The zero-order valence-corrected chi connectivity index (χ0v) is 13.1. The van der Waals surface area contributed by atoms with Gasteiger partial charge in [0.2, 0.25) is 5.82 Å². The lowest BCUT2D eigenvalue weighted by Gasteiger charge is -2.11. The van der Waals surface area contributed by atoms with Crippen LogP contribution in [0.4, 0.5) is 5.69 Å². The Kier molecular flexibility index (Phi) is 4.38. The van der Waals surface area contributed by atoms with E-state index in [2.05, 4.69) is 25.9 Å². The molecule has 0 bridgehead atoms. The molecule has 0 spiro atoms. The number of aromatic nitrogens is 4. The van der Waals surface area contributed by atoms with E-state index >= 15 is 0 Å². The number of amides is 1. The van der Waals surface area contributed by atoms with Gasteiger partial charge in [-0.25, -0.2) is 4.79 Å². The highest BCUT2D eigenvalue weighted by molar-refractivity contribution is 6.05. The number of tetrazole rings is 1. The molecule has 0 aliphatic heterocycles. The molecule has 3 N–H and O–H groups in total. The first-order valence-corrected chi connectivity index (χ1v) is 7.15. The summed E-state index contributed by atoms with van der Waals surface area (Å²) in [5, 5.41) is 25.3. The van der Waals surface area contributed by atoms with Gasteiger partial charge in [-0.15, -0.1) is 10.2 Å². The lowest BCUT2D eigenvalue weighted by molar-refractivity contribution is 0.0696. The number of anilines is 1. The number of ether oxygens (including phenoxy) is 1. The molecule has 0 saturated carbocycles. The van der Waals surface area contributed by atoms with E-state index in [-0.39, 0.29) is 17.2 Å². The van der Waals surface area contributed by atoms with Crippen LogP contribution in [-0.2, 0) is 0 Å². The molecule has 0 saturated heterocycles. The predicted octanol–water partition coefficient (Wildman–Crippen LogP) is 1.83. The fourth-order valence-corrected chi connectivity index (χ4v) is 2.18. The maximum absolute atomic E-state index is 12.4. The van der Waals surface area contributed by atoms with Crippen molar-refractivity contribution in [1.82, 2.24) is 20.6 Å². The topological polar surface area (TPSA) is 130 Å². The molecule has 2 aromatic carbocycles.